The first-order valence-corrected chi connectivity index (χ1v) is 12.2. The van der Waals surface area contributed by atoms with Crippen LogP contribution in [0.5, 0.6) is 0 Å². The molecule has 31 heavy (non-hydrogen) atoms. The van der Waals surface area contributed by atoms with E-state index < -0.39 is 30.1 Å². The lowest BCUT2D eigenvalue weighted by molar-refractivity contribution is -0.157. The van der Waals surface area contributed by atoms with Crippen molar-refractivity contribution < 1.29 is 24.2 Å². The van der Waals surface area contributed by atoms with Gasteiger partial charge in [-0.05, 0) is 56.1 Å². The molecular weight excluding hydrogens is 416 g/mol. The number of aryl methyl sites for hydroxylation is 1. The predicted octanol–water partition coefficient (Wildman–Crippen LogP) is 2.19. The van der Waals surface area contributed by atoms with Crippen molar-refractivity contribution in [3.8, 4) is 0 Å². The van der Waals surface area contributed by atoms with Gasteiger partial charge in [-0.15, -0.1) is 0 Å². The van der Waals surface area contributed by atoms with Crippen molar-refractivity contribution >= 4 is 29.6 Å². The second kappa shape index (κ2) is 11.0. The van der Waals surface area contributed by atoms with Gasteiger partial charge < -0.3 is 14.7 Å². The maximum atomic E-state index is 13.2. The number of rotatable bonds is 9. The van der Waals surface area contributed by atoms with Gasteiger partial charge in [0.25, 0.3) is 0 Å². The van der Waals surface area contributed by atoms with E-state index in [0.717, 1.165) is 23.5 Å². The number of carbonyl (C=O) groups is 3. The van der Waals surface area contributed by atoms with Gasteiger partial charge >= 0.3 is 11.9 Å². The quantitative estimate of drug-likeness (QED) is 0.559. The Morgan fingerprint density at radius 1 is 1.26 bits per heavy atom. The molecule has 0 saturated carbocycles. The van der Waals surface area contributed by atoms with Gasteiger partial charge in [0.2, 0.25) is 5.91 Å². The summed E-state index contributed by atoms with van der Waals surface area (Å²) < 4.78 is 5.21. The Kier molecular flexibility index (Phi) is 8.37. The zero-order valence-corrected chi connectivity index (χ0v) is 19.0. The predicted molar refractivity (Wildman–Crippen MR) is 120 cm³/mol. The van der Waals surface area contributed by atoms with Crippen molar-refractivity contribution in [1.82, 2.24) is 10.2 Å². The summed E-state index contributed by atoms with van der Waals surface area (Å²) in [6.07, 6.45) is 1.99. The average Bonchev–Trinajstić information content (AvgIpc) is 3.24. The number of ether oxygens (including phenoxy) is 1. The molecule has 1 amide bonds. The Morgan fingerprint density at radius 3 is 2.68 bits per heavy atom. The number of carboxylic acids is 1. The Balaban J connectivity index is 1.67. The molecule has 1 aromatic rings. The van der Waals surface area contributed by atoms with Crippen molar-refractivity contribution in [3.05, 3.63) is 35.9 Å². The number of thioether (sulfide) groups is 1. The maximum Gasteiger partial charge on any atom is 0.326 e. The number of hydrogen-bond donors (Lipinski definition) is 2. The highest BCUT2D eigenvalue weighted by Gasteiger charge is 2.47. The van der Waals surface area contributed by atoms with Crippen LogP contribution >= 0.6 is 11.8 Å². The molecule has 0 bridgehead atoms. The summed E-state index contributed by atoms with van der Waals surface area (Å²) in [7, 11) is 0. The normalized spacial score (nSPS) is 24.8. The molecule has 8 heteroatoms. The van der Waals surface area contributed by atoms with Crippen LogP contribution in [-0.2, 0) is 25.5 Å². The fourth-order valence-corrected chi connectivity index (χ4v) is 6.17. The molecule has 2 heterocycles. The third kappa shape index (κ3) is 5.80. The fourth-order valence-electron chi connectivity index (χ4n) is 4.59. The summed E-state index contributed by atoms with van der Waals surface area (Å²) >= 11 is 1.77. The monoisotopic (exact) mass is 448 g/mol. The number of carbonyl (C=O) groups excluding carboxylic acids is 2. The van der Waals surface area contributed by atoms with Crippen LogP contribution in [0.1, 0.15) is 32.3 Å². The number of esters is 1. The molecule has 4 unspecified atom stereocenters. The van der Waals surface area contributed by atoms with Crippen LogP contribution in [0, 0.1) is 11.8 Å². The van der Waals surface area contributed by atoms with Crippen LogP contribution in [0.2, 0.25) is 0 Å². The van der Waals surface area contributed by atoms with Gasteiger partial charge in [0.15, 0.2) is 0 Å². The van der Waals surface area contributed by atoms with Crippen LogP contribution in [0.4, 0.5) is 0 Å². The van der Waals surface area contributed by atoms with Gasteiger partial charge in [-0.2, -0.15) is 11.8 Å². The summed E-state index contributed by atoms with van der Waals surface area (Å²) in [5.74, 6) is 0.493. The number of carboxylic acid groups (broad SMARTS) is 1. The first-order chi connectivity index (χ1) is 14.9. The Labute approximate surface area is 187 Å². The molecule has 170 valence electrons. The molecule has 2 saturated heterocycles. The standard InChI is InChI=1S/C23H32N2O5S/c1-3-30-23(29)19(10-9-16-7-5-4-6-8-16)24-15(2)21(26)25-12-11-17-13-31-14-18(17)20(25)22(27)28/h4-8,15,17-20,24H,3,9-14H2,1-2H3,(H,27,28)/t15-,17?,18?,19?,20?/m0/s1. The van der Waals surface area contributed by atoms with Crippen molar-refractivity contribution in [2.45, 2.75) is 51.2 Å². The molecule has 0 spiro atoms. The SMILES string of the molecule is CCOC(=O)C(CCc1ccccc1)N[C@@H](C)C(=O)N1CCC2CSCC2C1C(=O)O. The Bertz CT molecular complexity index is 774. The molecular formula is C23H32N2O5S. The molecule has 0 aliphatic carbocycles. The highest BCUT2D eigenvalue weighted by molar-refractivity contribution is 7.99. The van der Waals surface area contributed by atoms with Gasteiger partial charge in [-0.3, -0.25) is 14.9 Å². The summed E-state index contributed by atoms with van der Waals surface area (Å²) in [5, 5.41) is 13.0. The number of likely N-dealkylation sites (tertiary alicyclic amines) is 1. The summed E-state index contributed by atoms with van der Waals surface area (Å²) in [6, 6.07) is 7.72. The second-order valence-corrected chi connectivity index (χ2v) is 9.36. The molecule has 1 aromatic carbocycles. The van der Waals surface area contributed by atoms with E-state index in [1.54, 1.807) is 25.6 Å². The lowest BCUT2D eigenvalue weighted by Gasteiger charge is -2.41. The van der Waals surface area contributed by atoms with E-state index in [1.165, 1.54) is 4.90 Å². The molecule has 2 N–H and O–H groups in total. The maximum absolute atomic E-state index is 13.2. The smallest absolute Gasteiger partial charge is 0.326 e. The number of nitrogens with one attached hydrogen (secondary N) is 1. The molecule has 2 aliphatic heterocycles. The van der Waals surface area contributed by atoms with E-state index >= 15 is 0 Å². The van der Waals surface area contributed by atoms with Crippen LogP contribution in [-0.4, -0.2) is 70.6 Å². The van der Waals surface area contributed by atoms with Gasteiger partial charge in [-0.25, -0.2) is 4.79 Å². The van der Waals surface area contributed by atoms with Gasteiger partial charge in [0.1, 0.15) is 12.1 Å². The topological polar surface area (TPSA) is 95.9 Å². The van der Waals surface area contributed by atoms with Gasteiger partial charge in [-0.1, -0.05) is 30.3 Å². The Morgan fingerprint density at radius 2 is 2.00 bits per heavy atom. The molecule has 0 aromatic heterocycles. The van der Waals surface area contributed by atoms with Crippen LogP contribution in [0.3, 0.4) is 0 Å². The van der Waals surface area contributed by atoms with E-state index in [2.05, 4.69) is 5.32 Å². The first-order valence-electron chi connectivity index (χ1n) is 11.0. The number of nitrogens with zero attached hydrogens (tertiary/aromatic N) is 1. The van der Waals surface area contributed by atoms with E-state index in [4.69, 9.17) is 4.74 Å². The van der Waals surface area contributed by atoms with Gasteiger partial charge in [0.05, 0.1) is 12.6 Å². The lowest BCUT2D eigenvalue weighted by Crippen LogP contribution is -2.60. The largest absolute Gasteiger partial charge is 0.480 e. The minimum Gasteiger partial charge on any atom is -0.480 e. The fraction of sp³-hybridized carbons (Fsp3) is 0.609. The third-order valence-electron chi connectivity index (χ3n) is 6.22. The summed E-state index contributed by atoms with van der Waals surface area (Å²) in [4.78, 5) is 39.3. The average molecular weight is 449 g/mol. The minimum absolute atomic E-state index is 0.00802. The molecule has 2 aliphatic rings. The van der Waals surface area contributed by atoms with E-state index in [1.807, 2.05) is 30.3 Å². The zero-order chi connectivity index (χ0) is 22.4. The highest BCUT2D eigenvalue weighted by atomic mass is 32.2. The number of benzene rings is 1. The lowest BCUT2D eigenvalue weighted by atomic mass is 9.81. The third-order valence-corrected chi connectivity index (χ3v) is 7.51. The van der Waals surface area contributed by atoms with Crippen molar-refractivity contribution in [2.75, 3.05) is 24.7 Å². The number of hydrogen-bond acceptors (Lipinski definition) is 6. The van der Waals surface area contributed by atoms with Crippen LogP contribution in [0.25, 0.3) is 0 Å². The number of amides is 1. The first kappa shape index (κ1) is 23.6. The van der Waals surface area contributed by atoms with Crippen LogP contribution in [0.15, 0.2) is 30.3 Å². The summed E-state index contributed by atoms with van der Waals surface area (Å²) in [5.41, 5.74) is 1.10. The molecule has 5 atom stereocenters. The highest BCUT2D eigenvalue weighted by Crippen LogP contribution is 2.40. The van der Waals surface area contributed by atoms with E-state index in [-0.39, 0.29) is 18.4 Å². The van der Waals surface area contributed by atoms with Gasteiger partial charge in [0, 0.05) is 12.5 Å². The van der Waals surface area contributed by atoms with Crippen molar-refractivity contribution in [3.63, 3.8) is 0 Å². The van der Waals surface area contributed by atoms with E-state index in [9.17, 15) is 19.5 Å². The number of fused-ring (bicyclic) bond motifs is 1. The Hall–Kier alpha value is -2.06. The molecule has 7 nitrogen and oxygen atoms in total. The number of aliphatic carboxylic acids is 1. The molecule has 0 radical (unpaired) electrons. The molecule has 3 rings (SSSR count). The zero-order valence-electron chi connectivity index (χ0n) is 18.2. The minimum atomic E-state index is -0.941. The second-order valence-electron chi connectivity index (χ2n) is 8.28. The summed E-state index contributed by atoms with van der Waals surface area (Å²) in [6.45, 7) is 4.16. The van der Waals surface area contributed by atoms with Crippen molar-refractivity contribution in [1.29, 1.82) is 0 Å². The van der Waals surface area contributed by atoms with E-state index in [0.29, 0.717) is 25.3 Å². The number of piperidine rings is 1. The molecule has 2 fully saturated rings. The van der Waals surface area contributed by atoms with Crippen molar-refractivity contribution in [2.24, 2.45) is 11.8 Å². The van der Waals surface area contributed by atoms with Crippen LogP contribution < -0.4 is 5.32 Å².